The van der Waals surface area contributed by atoms with Crippen molar-refractivity contribution in [3.8, 4) is 11.6 Å². The van der Waals surface area contributed by atoms with Crippen molar-refractivity contribution in [2.75, 3.05) is 11.9 Å². The highest BCUT2D eigenvalue weighted by atomic mass is 35.5. The number of halogens is 1. The van der Waals surface area contributed by atoms with Crippen LogP contribution in [0.2, 0.25) is 5.02 Å². The number of nitrogens with two attached hydrogens (primary N) is 1. The molecule has 0 bridgehead atoms. The minimum absolute atomic E-state index is 0.166. The van der Waals surface area contributed by atoms with Crippen LogP contribution in [0.25, 0.3) is 0 Å². The smallest absolute Gasteiger partial charge is 0.252 e. The normalized spacial score (nSPS) is 10.2. The Kier molecular flexibility index (Phi) is 4.94. The van der Waals surface area contributed by atoms with E-state index in [1.165, 1.54) is 6.20 Å². The van der Waals surface area contributed by atoms with Gasteiger partial charge >= 0.3 is 0 Å². The first-order valence-corrected chi connectivity index (χ1v) is 6.82. The highest BCUT2D eigenvalue weighted by molar-refractivity contribution is 6.31. The summed E-state index contributed by atoms with van der Waals surface area (Å²) in [7, 11) is 0. The highest BCUT2D eigenvalue weighted by Crippen LogP contribution is 2.29. The van der Waals surface area contributed by atoms with E-state index in [9.17, 15) is 4.79 Å². The molecule has 1 amide bonds. The van der Waals surface area contributed by atoms with Crippen LogP contribution in [0.5, 0.6) is 11.6 Å². The van der Waals surface area contributed by atoms with Crippen LogP contribution in [0.4, 0.5) is 5.95 Å². The van der Waals surface area contributed by atoms with E-state index in [0.29, 0.717) is 11.7 Å². The second-order valence-electron chi connectivity index (χ2n) is 4.24. The molecule has 1 heterocycles. The van der Waals surface area contributed by atoms with Gasteiger partial charge in [0.25, 0.3) is 5.91 Å². The molecule has 0 spiro atoms. The van der Waals surface area contributed by atoms with Crippen molar-refractivity contribution < 1.29 is 9.53 Å². The number of amides is 1. The summed E-state index contributed by atoms with van der Waals surface area (Å²) >= 11 is 6.02. The monoisotopic (exact) mass is 306 g/mol. The lowest BCUT2D eigenvalue weighted by Gasteiger charge is -2.10. The van der Waals surface area contributed by atoms with Crippen molar-refractivity contribution in [1.82, 2.24) is 9.97 Å². The van der Waals surface area contributed by atoms with Gasteiger partial charge in [-0.05, 0) is 18.6 Å². The maximum Gasteiger partial charge on any atom is 0.252 e. The number of rotatable bonds is 6. The molecule has 3 N–H and O–H groups in total. The summed E-state index contributed by atoms with van der Waals surface area (Å²) in [6.07, 6.45) is 2.38. The Morgan fingerprint density at radius 3 is 2.90 bits per heavy atom. The first kappa shape index (κ1) is 15.1. The molecule has 0 atom stereocenters. The molecular weight excluding hydrogens is 292 g/mol. The fourth-order valence-corrected chi connectivity index (χ4v) is 1.74. The zero-order valence-electron chi connectivity index (χ0n) is 11.5. The van der Waals surface area contributed by atoms with Crippen molar-refractivity contribution in [2.24, 2.45) is 5.73 Å². The third-order valence-corrected chi connectivity index (χ3v) is 2.86. The number of para-hydroxylation sites is 1. The summed E-state index contributed by atoms with van der Waals surface area (Å²) in [5, 5.41) is 3.28. The van der Waals surface area contributed by atoms with E-state index < -0.39 is 5.91 Å². The summed E-state index contributed by atoms with van der Waals surface area (Å²) in [6, 6.07) is 6.62. The fraction of sp³-hybridized carbons (Fsp3) is 0.214. The average Bonchev–Trinajstić information content (AvgIpc) is 2.48. The molecule has 0 unspecified atom stereocenters. The molecule has 1 aromatic carbocycles. The number of carbonyl (C=O) groups excluding carboxylic acids is 1. The van der Waals surface area contributed by atoms with Crippen LogP contribution in [0.1, 0.15) is 23.7 Å². The van der Waals surface area contributed by atoms with Gasteiger partial charge in [-0.1, -0.05) is 30.7 Å². The molecule has 2 rings (SSSR count). The summed E-state index contributed by atoms with van der Waals surface area (Å²) in [5.74, 6) is 0.291. The first-order valence-electron chi connectivity index (χ1n) is 6.45. The van der Waals surface area contributed by atoms with Crippen LogP contribution >= 0.6 is 11.6 Å². The van der Waals surface area contributed by atoms with Crippen LogP contribution in [0, 0.1) is 0 Å². The van der Waals surface area contributed by atoms with Crippen molar-refractivity contribution in [3.05, 3.63) is 41.0 Å². The van der Waals surface area contributed by atoms with Gasteiger partial charge in [0.2, 0.25) is 11.8 Å². The molecule has 0 saturated carbocycles. The van der Waals surface area contributed by atoms with Crippen molar-refractivity contribution >= 4 is 23.5 Å². The second-order valence-corrected chi connectivity index (χ2v) is 4.64. The molecule has 7 heteroatoms. The Labute approximate surface area is 127 Å². The summed E-state index contributed by atoms with van der Waals surface area (Å²) in [5.41, 5.74) is 5.56. The Morgan fingerprint density at radius 2 is 2.19 bits per heavy atom. The van der Waals surface area contributed by atoms with Gasteiger partial charge in [-0.2, -0.15) is 4.98 Å². The second kappa shape index (κ2) is 6.90. The van der Waals surface area contributed by atoms with Gasteiger partial charge in [0.1, 0.15) is 10.8 Å². The first-order chi connectivity index (χ1) is 10.1. The summed E-state index contributed by atoms with van der Waals surface area (Å²) < 4.78 is 5.60. The number of nitrogens with one attached hydrogen (secondary N) is 1. The number of anilines is 1. The number of hydrogen-bond donors (Lipinski definition) is 2. The van der Waals surface area contributed by atoms with Crippen LogP contribution in [-0.4, -0.2) is 22.4 Å². The molecule has 0 aliphatic rings. The van der Waals surface area contributed by atoms with Crippen molar-refractivity contribution in [3.63, 3.8) is 0 Å². The van der Waals surface area contributed by atoms with Crippen LogP contribution < -0.4 is 15.8 Å². The predicted molar refractivity (Wildman–Crippen MR) is 80.9 cm³/mol. The molecule has 0 fully saturated rings. The maximum atomic E-state index is 11.4. The Hall–Kier alpha value is -2.34. The molecule has 21 heavy (non-hydrogen) atoms. The van der Waals surface area contributed by atoms with Gasteiger partial charge in [-0.25, -0.2) is 4.98 Å². The lowest BCUT2D eigenvalue weighted by atomic mass is 10.2. The number of primary amides is 1. The Bertz CT molecular complexity index is 649. The van der Waals surface area contributed by atoms with Gasteiger partial charge in [-0.15, -0.1) is 0 Å². The zero-order chi connectivity index (χ0) is 15.2. The Morgan fingerprint density at radius 1 is 1.43 bits per heavy atom. The summed E-state index contributed by atoms with van der Waals surface area (Å²) in [6.45, 7) is 2.77. The number of benzene rings is 1. The number of nitrogens with zero attached hydrogens (tertiary/aromatic N) is 2. The largest absolute Gasteiger partial charge is 0.437 e. The van der Waals surface area contributed by atoms with E-state index in [4.69, 9.17) is 22.1 Å². The van der Waals surface area contributed by atoms with Gasteiger partial charge in [0, 0.05) is 6.54 Å². The molecule has 0 aliphatic carbocycles. The number of carbonyl (C=O) groups is 1. The molecular formula is C14H15ClN4O2. The van der Waals surface area contributed by atoms with Crippen molar-refractivity contribution in [1.29, 1.82) is 0 Å². The standard InChI is InChI=1S/C14H15ClN4O2/c1-2-7-17-14-18-8-10(15)13(19-14)21-11-6-4-3-5-9(11)12(16)20/h3-6,8H,2,7H2,1H3,(H2,16,20)(H,17,18,19). The lowest BCUT2D eigenvalue weighted by molar-refractivity contribution is 0.0998. The van der Waals surface area contributed by atoms with E-state index in [1.807, 2.05) is 6.92 Å². The van der Waals surface area contributed by atoms with E-state index in [2.05, 4.69) is 15.3 Å². The third-order valence-electron chi connectivity index (χ3n) is 2.60. The number of aromatic nitrogens is 2. The molecule has 0 radical (unpaired) electrons. The molecule has 0 aliphatic heterocycles. The Balaban J connectivity index is 2.29. The van der Waals surface area contributed by atoms with E-state index >= 15 is 0 Å². The van der Waals surface area contributed by atoms with Gasteiger partial charge < -0.3 is 15.8 Å². The van der Waals surface area contributed by atoms with E-state index in [0.717, 1.165) is 13.0 Å². The van der Waals surface area contributed by atoms with Crippen LogP contribution in [0.15, 0.2) is 30.5 Å². The number of hydrogen-bond acceptors (Lipinski definition) is 5. The highest BCUT2D eigenvalue weighted by Gasteiger charge is 2.13. The van der Waals surface area contributed by atoms with E-state index in [-0.39, 0.29) is 16.5 Å². The molecule has 0 saturated heterocycles. The minimum Gasteiger partial charge on any atom is -0.437 e. The number of ether oxygens (including phenoxy) is 1. The minimum atomic E-state index is -0.583. The quantitative estimate of drug-likeness (QED) is 0.856. The molecule has 1 aromatic heterocycles. The molecule has 2 aromatic rings. The SMILES string of the molecule is CCCNc1ncc(Cl)c(Oc2ccccc2C(N)=O)n1. The maximum absolute atomic E-state index is 11.4. The van der Waals surface area contributed by atoms with Gasteiger partial charge in [0.15, 0.2) is 0 Å². The van der Waals surface area contributed by atoms with Gasteiger partial charge in [0.05, 0.1) is 11.8 Å². The lowest BCUT2D eigenvalue weighted by Crippen LogP contribution is -2.12. The topological polar surface area (TPSA) is 90.1 Å². The zero-order valence-corrected chi connectivity index (χ0v) is 12.2. The van der Waals surface area contributed by atoms with Gasteiger partial charge in [-0.3, -0.25) is 4.79 Å². The summed E-state index contributed by atoms with van der Waals surface area (Å²) in [4.78, 5) is 19.6. The molecule has 110 valence electrons. The van der Waals surface area contributed by atoms with Crippen molar-refractivity contribution in [2.45, 2.75) is 13.3 Å². The van der Waals surface area contributed by atoms with Crippen LogP contribution in [0.3, 0.4) is 0 Å². The molecule has 6 nitrogen and oxygen atoms in total. The third kappa shape index (κ3) is 3.82. The fourth-order valence-electron chi connectivity index (χ4n) is 1.61. The van der Waals surface area contributed by atoms with E-state index in [1.54, 1.807) is 24.3 Å². The predicted octanol–water partition coefficient (Wildman–Crippen LogP) is 2.84. The average molecular weight is 307 g/mol. The van der Waals surface area contributed by atoms with Crippen LogP contribution in [-0.2, 0) is 0 Å².